The third kappa shape index (κ3) is 2.98. The zero-order valence-electron chi connectivity index (χ0n) is 10.9. The summed E-state index contributed by atoms with van der Waals surface area (Å²) >= 11 is 17.4. The summed E-state index contributed by atoms with van der Waals surface area (Å²) in [6, 6.07) is 10.0. The molecule has 0 bridgehead atoms. The summed E-state index contributed by atoms with van der Waals surface area (Å²) in [4.78, 5) is 3.12. The number of imidazole rings is 1. The molecule has 0 amide bonds. The molecule has 0 saturated carbocycles. The molecule has 108 valence electrons. The molecule has 6 heteroatoms. The Morgan fingerprint density at radius 1 is 1.10 bits per heavy atom. The Morgan fingerprint density at radius 2 is 1.76 bits per heavy atom. The van der Waals surface area contributed by atoms with Crippen LogP contribution in [0.2, 0.25) is 10.0 Å². The Morgan fingerprint density at radius 3 is 2.48 bits per heavy atom. The van der Waals surface area contributed by atoms with Crippen molar-refractivity contribution in [3.63, 3.8) is 0 Å². The number of hydrogen-bond acceptors (Lipinski definition) is 1. The summed E-state index contributed by atoms with van der Waals surface area (Å²) in [5.74, 6) is -0.233. The molecule has 21 heavy (non-hydrogen) atoms. The average molecular weight is 341 g/mol. The smallest absolute Gasteiger partial charge is 0.178 e. The van der Waals surface area contributed by atoms with Gasteiger partial charge in [0.05, 0.1) is 21.1 Å². The standard InChI is InChI=1S/C15H11Cl2FN2S/c16-11-7-13-14(8-12(11)17)20(15(21)19-13)6-5-9-1-3-10(18)4-2-9/h1-4,7-8H,5-6H2,(H,19,21). The van der Waals surface area contributed by atoms with Gasteiger partial charge in [-0.25, -0.2) is 4.39 Å². The van der Waals surface area contributed by atoms with Crippen LogP contribution in [0.15, 0.2) is 36.4 Å². The first kappa shape index (κ1) is 14.6. The van der Waals surface area contributed by atoms with Crippen LogP contribution < -0.4 is 0 Å². The Balaban J connectivity index is 1.93. The summed E-state index contributed by atoms with van der Waals surface area (Å²) in [6.07, 6.45) is 0.752. The minimum absolute atomic E-state index is 0.233. The lowest BCUT2D eigenvalue weighted by molar-refractivity contribution is 0.625. The van der Waals surface area contributed by atoms with Gasteiger partial charge in [0.25, 0.3) is 0 Å². The van der Waals surface area contributed by atoms with E-state index < -0.39 is 0 Å². The molecule has 1 aromatic heterocycles. The fourth-order valence-electron chi connectivity index (χ4n) is 2.27. The molecular formula is C15H11Cl2FN2S. The second kappa shape index (κ2) is 5.79. The van der Waals surface area contributed by atoms with Crippen molar-refractivity contribution in [1.82, 2.24) is 9.55 Å². The van der Waals surface area contributed by atoms with Crippen LogP contribution in [0.5, 0.6) is 0 Å². The molecule has 0 spiro atoms. The van der Waals surface area contributed by atoms with Crippen LogP contribution in [0.1, 0.15) is 5.56 Å². The highest BCUT2D eigenvalue weighted by molar-refractivity contribution is 7.71. The van der Waals surface area contributed by atoms with E-state index in [0.717, 1.165) is 23.0 Å². The molecule has 0 saturated heterocycles. The van der Waals surface area contributed by atoms with Crippen molar-refractivity contribution in [2.45, 2.75) is 13.0 Å². The molecule has 0 aliphatic rings. The largest absolute Gasteiger partial charge is 0.331 e. The lowest BCUT2D eigenvalue weighted by atomic mass is 10.1. The van der Waals surface area contributed by atoms with E-state index in [1.807, 2.05) is 4.57 Å². The molecule has 0 unspecified atom stereocenters. The molecule has 0 atom stereocenters. The molecular weight excluding hydrogens is 330 g/mol. The summed E-state index contributed by atoms with van der Waals surface area (Å²) in [5.41, 5.74) is 2.82. The van der Waals surface area contributed by atoms with Crippen LogP contribution in [-0.4, -0.2) is 9.55 Å². The van der Waals surface area contributed by atoms with Crippen LogP contribution in [0, 0.1) is 10.6 Å². The SMILES string of the molecule is Fc1ccc(CCn2c(=S)[nH]c3cc(Cl)c(Cl)cc32)cc1. The molecule has 0 aliphatic heterocycles. The van der Waals surface area contributed by atoms with Gasteiger partial charge in [-0.05, 0) is 48.5 Å². The molecule has 2 nitrogen and oxygen atoms in total. The highest BCUT2D eigenvalue weighted by Gasteiger charge is 2.08. The van der Waals surface area contributed by atoms with E-state index in [2.05, 4.69) is 4.98 Å². The van der Waals surface area contributed by atoms with Crippen molar-refractivity contribution in [2.75, 3.05) is 0 Å². The maximum absolute atomic E-state index is 12.9. The van der Waals surface area contributed by atoms with E-state index in [0.29, 0.717) is 21.4 Å². The number of benzene rings is 2. The molecule has 0 aliphatic carbocycles. The van der Waals surface area contributed by atoms with E-state index in [4.69, 9.17) is 35.4 Å². The first-order chi connectivity index (χ1) is 10.0. The van der Waals surface area contributed by atoms with Crippen LogP contribution in [-0.2, 0) is 13.0 Å². The number of aryl methyl sites for hydroxylation is 2. The van der Waals surface area contributed by atoms with Crippen molar-refractivity contribution in [1.29, 1.82) is 0 Å². The van der Waals surface area contributed by atoms with Gasteiger partial charge in [-0.15, -0.1) is 0 Å². The predicted molar refractivity (Wildman–Crippen MR) is 87.2 cm³/mol. The molecule has 0 fully saturated rings. The number of aromatic amines is 1. The molecule has 3 aromatic rings. The van der Waals surface area contributed by atoms with Crippen molar-refractivity contribution in [3.8, 4) is 0 Å². The number of halogens is 3. The van der Waals surface area contributed by atoms with Crippen molar-refractivity contribution >= 4 is 46.5 Å². The van der Waals surface area contributed by atoms with Gasteiger partial charge in [-0.2, -0.15) is 0 Å². The number of nitrogens with zero attached hydrogens (tertiary/aromatic N) is 1. The van der Waals surface area contributed by atoms with Crippen molar-refractivity contribution < 1.29 is 4.39 Å². The predicted octanol–water partition coefficient (Wildman–Crippen LogP) is 5.39. The van der Waals surface area contributed by atoms with Gasteiger partial charge < -0.3 is 9.55 Å². The van der Waals surface area contributed by atoms with E-state index in [1.165, 1.54) is 12.1 Å². The number of rotatable bonds is 3. The molecule has 1 heterocycles. The zero-order valence-corrected chi connectivity index (χ0v) is 13.2. The number of nitrogens with one attached hydrogen (secondary N) is 1. The number of H-pyrrole nitrogens is 1. The third-order valence-corrected chi connectivity index (χ3v) is 4.40. The minimum Gasteiger partial charge on any atom is -0.331 e. The van der Waals surface area contributed by atoms with Crippen molar-refractivity contribution in [3.05, 3.63) is 62.6 Å². The highest BCUT2D eigenvalue weighted by atomic mass is 35.5. The summed E-state index contributed by atoms with van der Waals surface area (Å²) in [7, 11) is 0. The quantitative estimate of drug-likeness (QED) is 0.634. The lowest BCUT2D eigenvalue weighted by Crippen LogP contribution is -2.01. The minimum atomic E-state index is -0.233. The molecule has 1 N–H and O–H groups in total. The fraction of sp³-hybridized carbons (Fsp3) is 0.133. The zero-order chi connectivity index (χ0) is 15.0. The average Bonchev–Trinajstić information content (AvgIpc) is 2.74. The van der Waals surface area contributed by atoms with Crippen molar-refractivity contribution in [2.24, 2.45) is 0 Å². The van der Waals surface area contributed by atoms with Gasteiger partial charge in [0.15, 0.2) is 4.77 Å². The topological polar surface area (TPSA) is 20.7 Å². The summed E-state index contributed by atoms with van der Waals surface area (Å²) in [5, 5.41) is 0.986. The van der Waals surface area contributed by atoms with Crippen LogP contribution in [0.25, 0.3) is 11.0 Å². The van der Waals surface area contributed by atoms with Crippen LogP contribution in [0.4, 0.5) is 4.39 Å². The maximum atomic E-state index is 12.9. The molecule has 3 rings (SSSR count). The lowest BCUT2D eigenvalue weighted by Gasteiger charge is -2.06. The van der Waals surface area contributed by atoms with Gasteiger partial charge in [0.1, 0.15) is 5.82 Å². The molecule has 2 aromatic carbocycles. The first-order valence-electron chi connectivity index (χ1n) is 6.36. The Hall–Kier alpha value is -1.36. The van der Waals surface area contributed by atoms with Gasteiger partial charge in [-0.1, -0.05) is 35.3 Å². The Kier molecular flexibility index (Phi) is 4.02. The second-order valence-electron chi connectivity index (χ2n) is 4.74. The fourth-order valence-corrected chi connectivity index (χ4v) is 2.89. The number of fused-ring (bicyclic) bond motifs is 1. The molecule has 0 radical (unpaired) electrons. The highest BCUT2D eigenvalue weighted by Crippen LogP contribution is 2.27. The first-order valence-corrected chi connectivity index (χ1v) is 7.53. The van der Waals surface area contributed by atoms with E-state index in [9.17, 15) is 4.39 Å². The monoisotopic (exact) mass is 340 g/mol. The number of hydrogen-bond donors (Lipinski definition) is 1. The summed E-state index contributed by atoms with van der Waals surface area (Å²) < 4.78 is 15.5. The third-order valence-electron chi connectivity index (χ3n) is 3.35. The van der Waals surface area contributed by atoms with Crippen LogP contribution in [0.3, 0.4) is 0 Å². The van der Waals surface area contributed by atoms with Gasteiger partial charge in [-0.3, -0.25) is 0 Å². The summed E-state index contributed by atoms with van der Waals surface area (Å²) in [6.45, 7) is 0.683. The number of aromatic nitrogens is 2. The second-order valence-corrected chi connectivity index (χ2v) is 5.94. The van der Waals surface area contributed by atoms with Crippen LogP contribution >= 0.6 is 35.4 Å². The Bertz CT molecular complexity index is 852. The van der Waals surface area contributed by atoms with Gasteiger partial charge in [0.2, 0.25) is 0 Å². The normalized spacial score (nSPS) is 11.2. The van der Waals surface area contributed by atoms with E-state index in [1.54, 1.807) is 24.3 Å². The maximum Gasteiger partial charge on any atom is 0.178 e. The van der Waals surface area contributed by atoms with E-state index >= 15 is 0 Å². The van der Waals surface area contributed by atoms with Gasteiger partial charge >= 0.3 is 0 Å². The Labute approximate surface area is 136 Å². The van der Waals surface area contributed by atoms with Gasteiger partial charge in [0, 0.05) is 6.54 Å². The van der Waals surface area contributed by atoms with E-state index in [-0.39, 0.29) is 5.82 Å².